The largest absolute Gasteiger partial charge is 0.485 e. The van der Waals surface area contributed by atoms with Gasteiger partial charge in [-0.1, -0.05) is 17.7 Å². The van der Waals surface area contributed by atoms with E-state index in [0.717, 1.165) is 16.8 Å². The summed E-state index contributed by atoms with van der Waals surface area (Å²) in [5, 5.41) is 0.283. The Balaban J connectivity index is 1.61. The van der Waals surface area contributed by atoms with Gasteiger partial charge in [-0.25, -0.2) is 0 Å². The van der Waals surface area contributed by atoms with Crippen molar-refractivity contribution in [1.82, 2.24) is 9.88 Å². The van der Waals surface area contributed by atoms with Gasteiger partial charge in [0.15, 0.2) is 0 Å². The van der Waals surface area contributed by atoms with Crippen molar-refractivity contribution in [2.24, 2.45) is 5.73 Å². The number of hydrogen-bond acceptors (Lipinski definition) is 5. The number of H-pyrrole nitrogens is 1. The van der Waals surface area contributed by atoms with Crippen LogP contribution in [0.1, 0.15) is 32.7 Å². The molecule has 0 radical (unpaired) electrons. The Morgan fingerprint density at radius 3 is 2.79 bits per heavy atom. The van der Waals surface area contributed by atoms with Crippen LogP contribution in [0.5, 0.6) is 5.75 Å². The average Bonchev–Trinajstić information content (AvgIpc) is 3.06. The molecule has 1 aromatic heterocycles. The highest BCUT2D eigenvalue weighted by molar-refractivity contribution is 6.35. The van der Waals surface area contributed by atoms with Crippen LogP contribution < -0.4 is 16.0 Å². The van der Waals surface area contributed by atoms with E-state index < -0.39 is 0 Å². The first-order valence-corrected chi connectivity index (χ1v) is 10.0. The zero-order chi connectivity index (χ0) is 20.7. The van der Waals surface area contributed by atoms with Crippen LogP contribution in [0, 0.1) is 13.8 Å². The number of carbonyl (C=O) groups excluding carboxylic acids is 1. The summed E-state index contributed by atoms with van der Waals surface area (Å²) >= 11 is 6.58. The highest BCUT2D eigenvalue weighted by Gasteiger charge is 2.32. The molecule has 0 saturated carbocycles. The number of nitrogens with two attached hydrogens (primary N) is 1. The van der Waals surface area contributed by atoms with Gasteiger partial charge in [0.2, 0.25) is 0 Å². The minimum absolute atomic E-state index is 0.167. The van der Waals surface area contributed by atoms with Crippen LogP contribution in [-0.2, 0) is 17.7 Å². The number of aromatic amines is 1. The van der Waals surface area contributed by atoms with E-state index >= 15 is 0 Å². The fourth-order valence-electron chi connectivity index (χ4n) is 3.90. The van der Waals surface area contributed by atoms with Gasteiger partial charge in [0, 0.05) is 17.8 Å². The summed E-state index contributed by atoms with van der Waals surface area (Å²) in [5.74, 6) is 0.226. The Morgan fingerprint density at radius 1 is 1.31 bits per heavy atom. The number of hydrogen-bond donors (Lipinski definition) is 2. The van der Waals surface area contributed by atoms with E-state index in [-0.39, 0.29) is 35.2 Å². The third-order valence-corrected chi connectivity index (χ3v) is 5.91. The molecule has 29 heavy (non-hydrogen) atoms. The smallest absolute Gasteiger partial charge is 0.256 e. The molecule has 1 aromatic carbocycles. The number of halogens is 1. The Hall–Kier alpha value is -2.35. The van der Waals surface area contributed by atoms with Crippen LogP contribution >= 0.6 is 11.6 Å². The van der Waals surface area contributed by atoms with Crippen LogP contribution in [0.4, 0.5) is 0 Å². The SMILES string of the molecule is Cc1cc(C)c(CN2CCc3ccc(OC4COCC4N)c(Cl)c3C2=O)c(=O)[nH]1. The molecule has 2 aromatic rings. The lowest BCUT2D eigenvalue weighted by molar-refractivity contribution is 0.0725. The molecular weight excluding hydrogens is 394 g/mol. The minimum atomic E-state index is -0.297. The highest BCUT2D eigenvalue weighted by Crippen LogP contribution is 2.35. The molecule has 3 heterocycles. The fraction of sp³-hybridized carbons (Fsp3) is 0.429. The number of pyridine rings is 1. The van der Waals surface area contributed by atoms with E-state index in [1.165, 1.54) is 0 Å². The lowest BCUT2D eigenvalue weighted by Gasteiger charge is -2.30. The standard InChI is InChI=1S/C21H24ClN3O4/c1-11-7-12(2)24-20(26)14(11)8-25-6-5-13-3-4-16(19(22)18(13)21(25)27)29-17-10-28-9-15(17)23/h3-4,7,15,17H,5-6,8-10,23H2,1-2H3,(H,24,26). The molecule has 2 atom stereocenters. The predicted octanol–water partition coefficient (Wildman–Crippen LogP) is 1.95. The number of fused-ring (bicyclic) bond motifs is 1. The minimum Gasteiger partial charge on any atom is -0.485 e. The van der Waals surface area contributed by atoms with Crippen LogP contribution in [-0.4, -0.2) is 47.7 Å². The second-order valence-electron chi connectivity index (χ2n) is 7.69. The highest BCUT2D eigenvalue weighted by atomic mass is 35.5. The third-order valence-electron chi connectivity index (χ3n) is 5.54. The van der Waals surface area contributed by atoms with Gasteiger partial charge >= 0.3 is 0 Å². The molecule has 8 heteroatoms. The molecule has 3 N–H and O–H groups in total. The molecule has 0 aliphatic carbocycles. The molecule has 7 nitrogen and oxygen atoms in total. The van der Waals surface area contributed by atoms with Gasteiger partial charge in [-0.2, -0.15) is 0 Å². The van der Waals surface area contributed by atoms with E-state index in [1.54, 1.807) is 11.0 Å². The molecule has 2 aliphatic heterocycles. The lowest BCUT2D eigenvalue weighted by Crippen LogP contribution is -2.39. The van der Waals surface area contributed by atoms with Crippen molar-refractivity contribution < 1.29 is 14.3 Å². The van der Waals surface area contributed by atoms with E-state index in [1.807, 2.05) is 26.0 Å². The topological polar surface area (TPSA) is 97.6 Å². The number of nitrogens with zero attached hydrogens (tertiary/aromatic N) is 1. The number of rotatable bonds is 4. The van der Waals surface area contributed by atoms with Crippen LogP contribution in [0.15, 0.2) is 23.0 Å². The van der Waals surface area contributed by atoms with Crippen molar-refractivity contribution in [3.05, 3.63) is 61.5 Å². The number of aromatic nitrogens is 1. The molecule has 1 fully saturated rings. The van der Waals surface area contributed by atoms with Gasteiger partial charge in [-0.3, -0.25) is 9.59 Å². The molecule has 1 saturated heterocycles. The average molecular weight is 418 g/mol. The van der Waals surface area contributed by atoms with Crippen LogP contribution in [0.2, 0.25) is 5.02 Å². The molecule has 4 rings (SSSR count). The number of ether oxygens (including phenoxy) is 2. The first kappa shape index (κ1) is 19.9. The number of aryl methyl sites for hydroxylation is 2. The van der Waals surface area contributed by atoms with Crippen molar-refractivity contribution in [3.8, 4) is 5.75 Å². The monoisotopic (exact) mass is 417 g/mol. The van der Waals surface area contributed by atoms with Crippen molar-refractivity contribution in [2.75, 3.05) is 19.8 Å². The van der Waals surface area contributed by atoms with E-state index in [2.05, 4.69) is 4.98 Å². The normalized spacial score (nSPS) is 21.4. The maximum atomic E-state index is 13.2. The van der Waals surface area contributed by atoms with E-state index in [9.17, 15) is 9.59 Å². The predicted molar refractivity (Wildman–Crippen MR) is 110 cm³/mol. The summed E-state index contributed by atoms with van der Waals surface area (Å²) in [6.45, 7) is 5.31. The van der Waals surface area contributed by atoms with Crippen molar-refractivity contribution >= 4 is 17.5 Å². The van der Waals surface area contributed by atoms with Gasteiger partial charge in [-0.15, -0.1) is 0 Å². The maximum absolute atomic E-state index is 13.2. The number of benzene rings is 1. The first-order valence-electron chi connectivity index (χ1n) is 9.65. The summed E-state index contributed by atoms with van der Waals surface area (Å²) in [6, 6.07) is 5.33. The zero-order valence-electron chi connectivity index (χ0n) is 16.5. The molecule has 0 bridgehead atoms. The number of carbonyl (C=O) groups is 1. The molecule has 154 valence electrons. The third kappa shape index (κ3) is 3.77. The quantitative estimate of drug-likeness (QED) is 0.792. The number of nitrogens with one attached hydrogen (secondary N) is 1. The Morgan fingerprint density at radius 2 is 2.10 bits per heavy atom. The second-order valence-corrected chi connectivity index (χ2v) is 8.07. The van der Waals surface area contributed by atoms with Gasteiger partial charge in [-0.05, 0) is 43.5 Å². The van der Waals surface area contributed by atoms with Crippen LogP contribution in [0.3, 0.4) is 0 Å². The summed E-state index contributed by atoms with van der Waals surface area (Å²) in [4.78, 5) is 30.0. The summed E-state index contributed by atoms with van der Waals surface area (Å²) in [5.41, 5.74) is 9.38. The van der Waals surface area contributed by atoms with Crippen molar-refractivity contribution in [2.45, 2.75) is 39.0 Å². The molecule has 1 amide bonds. The van der Waals surface area contributed by atoms with E-state index in [0.29, 0.717) is 43.1 Å². The van der Waals surface area contributed by atoms with Gasteiger partial charge in [0.05, 0.1) is 36.4 Å². The molecule has 2 aliphatic rings. The molecule has 2 unspecified atom stereocenters. The Kier molecular flexibility index (Phi) is 5.38. The van der Waals surface area contributed by atoms with Gasteiger partial charge in [0.25, 0.3) is 11.5 Å². The van der Waals surface area contributed by atoms with Crippen molar-refractivity contribution in [3.63, 3.8) is 0 Å². The first-order chi connectivity index (χ1) is 13.8. The van der Waals surface area contributed by atoms with Crippen LogP contribution in [0.25, 0.3) is 0 Å². The molecule has 0 spiro atoms. The number of amides is 1. The lowest BCUT2D eigenvalue weighted by atomic mass is 9.97. The van der Waals surface area contributed by atoms with Gasteiger partial charge in [0.1, 0.15) is 11.9 Å². The Bertz CT molecular complexity index is 1020. The summed E-state index contributed by atoms with van der Waals surface area (Å²) in [6.07, 6.45) is 0.366. The zero-order valence-corrected chi connectivity index (χ0v) is 17.2. The Labute approximate surface area is 173 Å². The summed E-state index contributed by atoms with van der Waals surface area (Å²) < 4.78 is 11.3. The summed E-state index contributed by atoms with van der Waals surface area (Å²) in [7, 11) is 0. The molecular formula is C21H24ClN3O4. The maximum Gasteiger partial charge on any atom is 0.256 e. The van der Waals surface area contributed by atoms with E-state index in [4.69, 9.17) is 26.8 Å². The van der Waals surface area contributed by atoms with Gasteiger partial charge < -0.3 is 25.1 Å². The van der Waals surface area contributed by atoms with Crippen molar-refractivity contribution in [1.29, 1.82) is 0 Å². The second kappa shape index (κ2) is 7.82. The fourth-order valence-corrected chi connectivity index (χ4v) is 4.21.